The molecule has 1 amide bonds. The van der Waals surface area contributed by atoms with Crippen LogP contribution >= 0.6 is 11.3 Å². The Morgan fingerprint density at radius 2 is 2.23 bits per heavy atom. The number of rotatable bonds is 5. The number of fused-ring (bicyclic) bond motifs is 1. The van der Waals surface area contributed by atoms with Gasteiger partial charge in [0.1, 0.15) is 11.8 Å². The van der Waals surface area contributed by atoms with Crippen molar-refractivity contribution in [3.05, 3.63) is 56.9 Å². The van der Waals surface area contributed by atoms with Gasteiger partial charge in [0, 0.05) is 29.1 Å². The van der Waals surface area contributed by atoms with Crippen LogP contribution in [0.3, 0.4) is 0 Å². The van der Waals surface area contributed by atoms with Crippen molar-refractivity contribution in [3.8, 4) is 0 Å². The van der Waals surface area contributed by atoms with Crippen LogP contribution in [0, 0.1) is 13.8 Å². The molecule has 1 unspecified atom stereocenters. The fourth-order valence-electron chi connectivity index (χ4n) is 3.59. The molecule has 26 heavy (non-hydrogen) atoms. The Morgan fingerprint density at radius 3 is 2.96 bits per heavy atom. The Bertz CT molecular complexity index is 910. The van der Waals surface area contributed by atoms with Gasteiger partial charge in [0.05, 0.1) is 5.69 Å². The summed E-state index contributed by atoms with van der Waals surface area (Å²) >= 11 is 1.67. The van der Waals surface area contributed by atoms with Gasteiger partial charge in [-0.25, -0.2) is 0 Å². The molecule has 6 nitrogen and oxygen atoms in total. The number of amides is 1. The van der Waals surface area contributed by atoms with Crippen LogP contribution in [0.15, 0.2) is 28.1 Å². The molecule has 0 saturated carbocycles. The predicted octanol–water partition coefficient (Wildman–Crippen LogP) is 3.45. The normalized spacial score (nSPS) is 14.8. The Balaban J connectivity index is 1.54. The van der Waals surface area contributed by atoms with Gasteiger partial charge in [0.2, 0.25) is 0 Å². The zero-order valence-corrected chi connectivity index (χ0v) is 15.8. The minimum absolute atomic E-state index is 0.0321. The molecule has 3 aromatic heterocycles. The van der Waals surface area contributed by atoms with E-state index in [1.54, 1.807) is 11.3 Å². The van der Waals surface area contributed by atoms with E-state index in [9.17, 15) is 4.79 Å². The molecular weight excluding hydrogens is 348 g/mol. The van der Waals surface area contributed by atoms with E-state index in [1.165, 1.54) is 4.88 Å². The van der Waals surface area contributed by atoms with Gasteiger partial charge in [-0.05, 0) is 50.6 Å². The predicted molar refractivity (Wildman–Crippen MR) is 99.6 cm³/mol. The standard InChI is InChI=1S/C19H22N4O2S/c1-12-10-13(2)23(21-12)15(17-8-5-9-26-17)11-20-19(24)18-14-6-3-4-7-16(14)25-22-18/h5,8-10,15H,3-4,6-7,11H2,1-2H3,(H,20,24). The minimum Gasteiger partial charge on any atom is -0.360 e. The summed E-state index contributed by atoms with van der Waals surface area (Å²) in [5.74, 6) is 0.703. The third kappa shape index (κ3) is 3.19. The molecule has 1 N–H and O–H groups in total. The fourth-order valence-corrected chi connectivity index (χ4v) is 4.40. The summed E-state index contributed by atoms with van der Waals surface area (Å²) in [4.78, 5) is 13.9. The Morgan fingerprint density at radius 1 is 1.38 bits per heavy atom. The average Bonchev–Trinajstić information content (AvgIpc) is 3.36. The Kier molecular flexibility index (Phi) is 4.63. The van der Waals surface area contributed by atoms with Gasteiger partial charge in [-0.2, -0.15) is 5.10 Å². The smallest absolute Gasteiger partial charge is 0.273 e. The van der Waals surface area contributed by atoms with Gasteiger partial charge in [-0.15, -0.1) is 11.3 Å². The number of nitrogens with one attached hydrogen (secondary N) is 1. The van der Waals surface area contributed by atoms with Crippen molar-refractivity contribution in [1.82, 2.24) is 20.3 Å². The highest BCUT2D eigenvalue weighted by Crippen LogP contribution is 2.26. The number of thiophene rings is 1. The molecule has 0 radical (unpaired) electrons. The number of carbonyl (C=O) groups is 1. The Labute approximate surface area is 156 Å². The van der Waals surface area contributed by atoms with Crippen LogP contribution in [-0.4, -0.2) is 27.4 Å². The Hall–Kier alpha value is -2.41. The van der Waals surface area contributed by atoms with E-state index in [0.717, 1.165) is 48.4 Å². The molecule has 1 aliphatic carbocycles. The lowest BCUT2D eigenvalue weighted by molar-refractivity contribution is 0.0939. The molecule has 0 bridgehead atoms. The van der Waals surface area contributed by atoms with E-state index < -0.39 is 0 Å². The number of aromatic nitrogens is 3. The average molecular weight is 370 g/mol. The van der Waals surface area contributed by atoms with Gasteiger partial charge in [-0.1, -0.05) is 11.2 Å². The van der Waals surface area contributed by atoms with Gasteiger partial charge >= 0.3 is 0 Å². The minimum atomic E-state index is -0.167. The third-order valence-electron chi connectivity index (χ3n) is 4.83. The van der Waals surface area contributed by atoms with Gasteiger partial charge in [0.25, 0.3) is 5.91 Å². The van der Waals surface area contributed by atoms with Crippen molar-refractivity contribution in [2.45, 2.75) is 45.6 Å². The highest BCUT2D eigenvalue weighted by molar-refractivity contribution is 7.10. The third-order valence-corrected chi connectivity index (χ3v) is 5.81. The first kappa shape index (κ1) is 17.0. The second kappa shape index (κ2) is 7.07. The van der Waals surface area contributed by atoms with Crippen molar-refractivity contribution in [2.24, 2.45) is 0 Å². The van der Waals surface area contributed by atoms with Gasteiger partial charge in [0.15, 0.2) is 5.69 Å². The molecule has 0 aromatic carbocycles. The largest absolute Gasteiger partial charge is 0.360 e. The van der Waals surface area contributed by atoms with Gasteiger partial charge < -0.3 is 9.84 Å². The molecule has 1 atom stereocenters. The summed E-state index contributed by atoms with van der Waals surface area (Å²) in [5, 5.41) is 13.7. The van der Waals surface area contributed by atoms with Crippen LogP contribution in [0.1, 0.15) is 57.0 Å². The molecule has 3 aromatic rings. The van der Waals surface area contributed by atoms with Crippen LogP contribution in [0.2, 0.25) is 0 Å². The molecular formula is C19H22N4O2S. The van der Waals surface area contributed by atoms with E-state index in [4.69, 9.17) is 4.52 Å². The molecule has 136 valence electrons. The number of carbonyl (C=O) groups excluding carboxylic acids is 1. The summed E-state index contributed by atoms with van der Waals surface area (Å²) in [6.07, 6.45) is 3.92. The second-order valence-corrected chi connectivity index (χ2v) is 7.73. The number of hydrogen-bond donors (Lipinski definition) is 1. The number of nitrogens with zero attached hydrogens (tertiary/aromatic N) is 3. The van der Waals surface area contributed by atoms with Crippen LogP contribution in [0.5, 0.6) is 0 Å². The van der Waals surface area contributed by atoms with E-state index in [1.807, 2.05) is 30.0 Å². The van der Waals surface area contributed by atoms with E-state index in [-0.39, 0.29) is 11.9 Å². The second-order valence-electron chi connectivity index (χ2n) is 6.75. The lowest BCUT2D eigenvalue weighted by Crippen LogP contribution is -2.32. The summed E-state index contributed by atoms with van der Waals surface area (Å²) in [6, 6.07) is 6.12. The van der Waals surface area contributed by atoms with Crippen molar-refractivity contribution in [2.75, 3.05) is 6.54 Å². The maximum absolute atomic E-state index is 12.7. The maximum atomic E-state index is 12.7. The quantitative estimate of drug-likeness (QED) is 0.747. The molecule has 1 aliphatic rings. The molecule has 3 heterocycles. The van der Waals surface area contributed by atoms with Crippen LogP contribution in [0.25, 0.3) is 0 Å². The molecule has 0 saturated heterocycles. The molecule has 0 aliphatic heterocycles. The van der Waals surface area contributed by atoms with Gasteiger partial charge in [-0.3, -0.25) is 9.48 Å². The van der Waals surface area contributed by atoms with Crippen LogP contribution in [-0.2, 0) is 12.8 Å². The summed E-state index contributed by atoms with van der Waals surface area (Å²) in [5.41, 5.74) is 3.47. The number of hydrogen-bond acceptors (Lipinski definition) is 5. The van der Waals surface area contributed by atoms with Crippen molar-refractivity contribution < 1.29 is 9.32 Å². The summed E-state index contributed by atoms with van der Waals surface area (Å²) in [6.45, 7) is 4.48. The van der Waals surface area contributed by atoms with Crippen LogP contribution < -0.4 is 5.32 Å². The van der Waals surface area contributed by atoms with E-state index >= 15 is 0 Å². The zero-order chi connectivity index (χ0) is 18.1. The van der Waals surface area contributed by atoms with E-state index in [0.29, 0.717) is 12.2 Å². The maximum Gasteiger partial charge on any atom is 0.273 e. The lowest BCUT2D eigenvalue weighted by atomic mass is 9.96. The molecule has 7 heteroatoms. The van der Waals surface area contributed by atoms with Crippen molar-refractivity contribution in [1.29, 1.82) is 0 Å². The highest BCUT2D eigenvalue weighted by atomic mass is 32.1. The summed E-state index contributed by atoms with van der Waals surface area (Å²) in [7, 11) is 0. The first-order valence-electron chi connectivity index (χ1n) is 8.95. The zero-order valence-electron chi connectivity index (χ0n) is 15.0. The van der Waals surface area contributed by atoms with E-state index in [2.05, 4.69) is 27.7 Å². The first-order chi connectivity index (χ1) is 12.6. The highest BCUT2D eigenvalue weighted by Gasteiger charge is 2.25. The molecule has 0 spiro atoms. The fraction of sp³-hybridized carbons (Fsp3) is 0.421. The van der Waals surface area contributed by atoms with Crippen molar-refractivity contribution in [3.63, 3.8) is 0 Å². The number of aryl methyl sites for hydroxylation is 3. The summed E-state index contributed by atoms with van der Waals surface area (Å²) < 4.78 is 7.35. The van der Waals surface area contributed by atoms with Crippen molar-refractivity contribution >= 4 is 17.2 Å². The monoisotopic (exact) mass is 370 g/mol. The first-order valence-corrected chi connectivity index (χ1v) is 9.83. The lowest BCUT2D eigenvalue weighted by Gasteiger charge is -2.19. The topological polar surface area (TPSA) is 73.0 Å². The molecule has 4 rings (SSSR count). The SMILES string of the molecule is Cc1cc(C)n(C(CNC(=O)c2noc3c2CCCC3)c2cccs2)n1. The molecule has 0 fully saturated rings. The van der Waals surface area contributed by atoms with Crippen LogP contribution in [0.4, 0.5) is 0 Å².